The third kappa shape index (κ3) is 6.06. The summed E-state index contributed by atoms with van der Waals surface area (Å²) < 4.78 is 51.4. The topological polar surface area (TPSA) is 155 Å². The lowest BCUT2D eigenvalue weighted by atomic mass is 10.1. The number of alkyl carbamates (subject to hydrolysis) is 1. The number of benzene rings is 3. The monoisotopic (exact) mass is 570 g/mol. The molecule has 13 nitrogen and oxygen atoms in total. The first-order valence-corrected chi connectivity index (χ1v) is 11.8. The number of halogens is 3. The van der Waals surface area contributed by atoms with Gasteiger partial charge < -0.3 is 25.4 Å². The molecule has 2 heterocycles. The second-order valence-corrected chi connectivity index (χ2v) is 8.49. The van der Waals surface area contributed by atoms with Gasteiger partial charge in [0.05, 0.1) is 47.8 Å². The van der Waals surface area contributed by atoms with E-state index in [1.165, 1.54) is 42.4 Å². The van der Waals surface area contributed by atoms with Crippen LogP contribution in [0.3, 0.4) is 0 Å². The van der Waals surface area contributed by atoms with Crippen LogP contribution >= 0.6 is 0 Å². The van der Waals surface area contributed by atoms with Crippen molar-refractivity contribution in [3.05, 3.63) is 78.6 Å². The highest BCUT2D eigenvalue weighted by Crippen LogP contribution is 2.37. The van der Waals surface area contributed by atoms with Crippen LogP contribution in [0, 0.1) is 0 Å². The molecule has 5 rings (SSSR count). The molecule has 3 amide bonds. The van der Waals surface area contributed by atoms with Gasteiger partial charge in [-0.2, -0.15) is 13.2 Å². The molecule has 0 saturated carbocycles. The number of ether oxygens (including phenoxy) is 2. The SMILES string of the molecule is COC(=O)NC1Nc2ccc(Oc3ccc(NC(=O)Nc4cc(C(F)(F)F)ccc4-n4ccnn4)cc3)cc2N1O. The Balaban J connectivity index is 1.24. The molecule has 0 aliphatic carbocycles. The Hall–Kier alpha value is -5.51. The minimum absolute atomic E-state index is 0.129. The molecule has 3 aromatic carbocycles. The van der Waals surface area contributed by atoms with Crippen molar-refractivity contribution in [1.29, 1.82) is 0 Å². The molecule has 1 aliphatic heterocycles. The zero-order chi connectivity index (χ0) is 29.1. The number of nitrogens with zero attached hydrogens (tertiary/aromatic N) is 4. The Morgan fingerprint density at radius 2 is 1.76 bits per heavy atom. The average Bonchev–Trinajstić information content (AvgIpc) is 3.58. The number of amides is 3. The number of carbonyl (C=O) groups excluding carboxylic acids is 2. The van der Waals surface area contributed by atoms with Gasteiger partial charge in [0.15, 0.2) is 0 Å². The summed E-state index contributed by atoms with van der Waals surface area (Å²) in [6.45, 7) is 0. The lowest BCUT2D eigenvalue weighted by Gasteiger charge is -2.20. The first-order valence-electron chi connectivity index (χ1n) is 11.8. The maximum absolute atomic E-state index is 13.3. The molecular weight excluding hydrogens is 549 g/mol. The van der Waals surface area contributed by atoms with E-state index < -0.39 is 30.2 Å². The molecule has 0 fully saturated rings. The van der Waals surface area contributed by atoms with Gasteiger partial charge in [0, 0.05) is 11.8 Å². The standard InChI is InChI=1S/C25H21F3N8O5/c1-40-24(38)33-22-31-18-8-7-17(13-21(18)36(22)39)41-16-5-3-15(4-6-16)30-23(37)32-19-12-14(25(26,27)28)2-9-20(19)35-11-10-29-34-35/h2-13,22,31,39H,1H3,(H,33,38)(H2,30,32,37). The number of nitrogens with one attached hydrogen (secondary N) is 4. The quantitative estimate of drug-likeness (QED) is 0.216. The van der Waals surface area contributed by atoms with Crippen molar-refractivity contribution in [2.24, 2.45) is 0 Å². The zero-order valence-electron chi connectivity index (χ0n) is 21.0. The van der Waals surface area contributed by atoms with Crippen LogP contribution in [0.25, 0.3) is 5.69 Å². The summed E-state index contributed by atoms with van der Waals surface area (Å²) >= 11 is 0. The Kier molecular flexibility index (Phi) is 7.22. The number of rotatable bonds is 6. The highest BCUT2D eigenvalue weighted by molar-refractivity contribution is 6.01. The maximum atomic E-state index is 13.3. The third-order valence-electron chi connectivity index (χ3n) is 5.78. The van der Waals surface area contributed by atoms with Crippen LogP contribution < -0.4 is 31.1 Å². The number of alkyl halides is 3. The van der Waals surface area contributed by atoms with Gasteiger partial charge in [-0.25, -0.2) is 19.3 Å². The van der Waals surface area contributed by atoms with Crippen molar-refractivity contribution < 1.29 is 37.4 Å². The van der Waals surface area contributed by atoms with Crippen LogP contribution in [0.5, 0.6) is 11.5 Å². The molecule has 1 aromatic heterocycles. The van der Waals surface area contributed by atoms with E-state index in [0.29, 0.717) is 28.6 Å². The van der Waals surface area contributed by atoms with Crippen LogP contribution in [-0.4, -0.2) is 45.7 Å². The van der Waals surface area contributed by atoms with Crippen molar-refractivity contribution >= 4 is 34.9 Å². The number of anilines is 4. The van der Waals surface area contributed by atoms with Crippen LogP contribution in [0.15, 0.2) is 73.1 Å². The summed E-state index contributed by atoms with van der Waals surface area (Å²) in [6, 6.07) is 13.1. The van der Waals surface area contributed by atoms with E-state index in [4.69, 9.17) is 4.74 Å². The number of aromatic nitrogens is 3. The molecule has 16 heteroatoms. The average molecular weight is 570 g/mol. The maximum Gasteiger partial charge on any atom is 0.416 e. The molecular formula is C25H21F3N8O5. The fourth-order valence-electron chi connectivity index (χ4n) is 3.88. The molecule has 0 saturated heterocycles. The number of hydrogen-bond donors (Lipinski definition) is 5. The van der Waals surface area contributed by atoms with E-state index in [0.717, 1.165) is 17.2 Å². The highest BCUT2D eigenvalue weighted by Gasteiger charge is 2.32. The van der Waals surface area contributed by atoms with Crippen LogP contribution in [0.1, 0.15) is 5.56 Å². The highest BCUT2D eigenvalue weighted by atomic mass is 19.4. The largest absolute Gasteiger partial charge is 0.457 e. The van der Waals surface area contributed by atoms with Gasteiger partial charge in [-0.1, -0.05) is 5.21 Å². The van der Waals surface area contributed by atoms with Gasteiger partial charge in [0.2, 0.25) is 6.29 Å². The molecule has 0 spiro atoms. The van der Waals surface area contributed by atoms with Gasteiger partial charge in [-0.3, -0.25) is 10.5 Å². The van der Waals surface area contributed by atoms with E-state index in [1.807, 2.05) is 0 Å². The van der Waals surface area contributed by atoms with Crippen molar-refractivity contribution in [3.63, 3.8) is 0 Å². The smallest absolute Gasteiger partial charge is 0.416 e. The lowest BCUT2D eigenvalue weighted by Crippen LogP contribution is -2.48. The van der Waals surface area contributed by atoms with Crippen molar-refractivity contribution in [2.75, 3.05) is 28.1 Å². The van der Waals surface area contributed by atoms with Gasteiger partial charge in [0.25, 0.3) is 0 Å². The molecule has 0 radical (unpaired) electrons. The molecule has 0 bridgehead atoms. The van der Waals surface area contributed by atoms with E-state index in [2.05, 4.69) is 36.3 Å². The molecule has 1 unspecified atom stereocenters. The molecule has 212 valence electrons. The summed E-state index contributed by atoms with van der Waals surface area (Å²) in [4.78, 5) is 24.1. The first-order chi connectivity index (χ1) is 19.6. The van der Waals surface area contributed by atoms with Gasteiger partial charge in [0.1, 0.15) is 11.5 Å². The predicted molar refractivity (Wildman–Crippen MR) is 139 cm³/mol. The normalized spacial score (nSPS) is 14.1. The number of fused-ring (bicyclic) bond motifs is 1. The zero-order valence-corrected chi connectivity index (χ0v) is 21.0. The van der Waals surface area contributed by atoms with Crippen molar-refractivity contribution in [2.45, 2.75) is 12.5 Å². The Labute approximate surface area is 229 Å². The Bertz CT molecular complexity index is 1560. The number of carbonyl (C=O) groups is 2. The summed E-state index contributed by atoms with van der Waals surface area (Å²) in [5.41, 5.74) is 0.336. The second kappa shape index (κ2) is 10.9. The number of methoxy groups -OCH3 is 1. The van der Waals surface area contributed by atoms with Gasteiger partial charge in [-0.15, -0.1) is 5.10 Å². The minimum Gasteiger partial charge on any atom is -0.457 e. The van der Waals surface area contributed by atoms with Crippen molar-refractivity contribution in [3.8, 4) is 17.2 Å². The summed E-state index contributed by atoms with van der Waals surface area (Å²) in [6.07, 6.45) is -3.51. The van der Waals surface area contributed by atoms with E-state index in [9.17, 15) is 28.0 Å². The summed E-state index contributed by atoms with van der Waals surface area (Å²) in [7, 11) is 1.20. The predicted octanol–water partition coefficient (Wildman–Crippen LogP) is 4.98. The number of urea groups is 1. The van der Waals surface area contributed by atoms with Gasteiger partial charge in [-0.05, 0) is 54.6 Å². The minimum atomic E-state index is -4.61. The Morgan fingerprint density at radius 1 is 1.00 bits per heavy atom. The van der Waals surface area contributed by atoms with Crippen LogP contribution in [-0.2, 0) is 10.9 Å². The van der Waals surface area contributed by atoms with E-state index in [-0.39, 0.29) is 11.4 Å². The lowest BCUT2D eigenvalue weighted by molar-refractivity contribution is -0.137. The molecule has 1 aliphatic rings. The number of hydrogen-bond acceptors (Lipinski definition) is 9. The fraction of sp³-hybridized carbons (Fsp3) is 0.120. The Morgan fingerprint density at radius 3 is 2.44 bits per heavy atom. The van der Waals surface area contributed by atoms with Crippen molar-refractivity contribution in [1.82, 2.24) is 20.3 Å². The summed E-state index contributed by atoms with van der Waals surface area (Å²) in [5, 5.41) is 28.9. The molecule has 5 N–H and O–H groups in total. The summed E-state index contributed by atoms with van der Waals surface area (Å²) in [5.74, 6) is 0.758. The first kappa shape index (κ1) is 27.1. The second-order valence-electron chi connectivity index (χ2n) is 8.49. The van der Waals surface area contributed by atoms with E-state index >= 15 is 0 Å². The van der Waals surface area contributed by atoms with Gasteiger partial charge >= 0.3 is 18.3 Å². The van der Waals surface area contributed by atoms with Crippen LogP contribution in [0.4, 0.5) is 45.5 Å². The molecule has 1 atom stereocenters. The fourth-order valence-corrected chi connectivity index (χ4v) is 3.88. The molecule has 4 aromatic rings. The van der Waals surface area contributed by atoms with Crippen LogP contribution in [0.2, 0.25) is 0 Å². The molecule has 41 heavy (non-hydrogen) atoms. The number of hydroxylamine groups is 1. The third-order valence-corrected chi connectivity index (χ3v) is 5.78. The van der Waals surface area contributed by atoms with E-state index in [1.54, 1.807) is 30.3 Å².